The summed E-state index contributed by atoms with van der Waals surface area (Å²) < 4.78 is 25.8. The van der Waals surface area contributed by atoms with E-state index in [4.69, 9.17) is 5.11 Å². The molecule has 0 aliphatic carbocycles. The number of halogens is 2. The van der Waals surface area contributed by atoms with E-state index in [1.165, 1.54) is 6.07 Å². The smallest absolute Gasteiger partial charge is 0.159 e. The van der Waals surface area contributed by atoms with Crippen LogP contribution >= 0.6 is 0 Å². The third-order valence-corrected chi connectivity index (χ3v) is 2.84. The van der Waals surface area contributed by atoms with Gasteiger partial charge in [0.05, 0.1) is 6.61 Å². The molecule has 0 unspecified atom stereocenters. The van der Waals surface area contributed by atoms with Crippen LogP contribution in [-0.4, -0.2) is 11.7 Å². The Hall–Kier alpha value is -1.94. The summed E-state index contributed by atoms with van der Waals surface area (Å²) in [6.45, 7) is 0.610. The zero-order chi connectivity index (χ0) is 13.7. The predicted molar refractivity (Wildman–Crippen MR) is 70.9 cm³/mol. The molecule has 100 valence electrons. The van der Waals surface area contributed by atoms with Crippen molar-refractivity contribution < 1.29 is 13.9 Å². The highest BCUT2D eigenvalue weighted by Gasteiger charge is 2.02. The van der Waals surface area contributed by atoms with E-state index < -0.39 is 11.6 Å². The van der Waals surface area contributed by atoms with Gasteiger partial charge in [0, 0.05) is 12.2 Å². The van der Waals surface area contributed by atoms with Gasteiger partial charge < -0.3 is 10.4 Å². The molecule has 0 amide bonds. The molecule has 2 aromatic rings. The molecule has 19 heavy (non-hydrogen) atoms. The number of aliphatic hydroxyl groups excluding tert-OH is 1. The zero-order valence-electron chi connectivity index (χ0n) is 10.4. The van der Waals surface area contributed by atoms with Crippen LogP contribution in [0, 0.1) is 11.6 Å². The molecular formula is C15H15F2NO. The fourth-order valence-corrected chi connectivity index (χ4v) is 1.83. The lowest BCUT2D eigenvalue weighted by molar-refractivity contribution is 0.282. The molecule has 0 aliphatic rings. The quantitative estimate of drug-likeness (QED) is 0.868. The first kappa shape index (κ1) is 13.5. The summed E-state index contributed by atoms with van der Waals surface area (Å²) in [6.07, 6.45) is 0.598. The van der Waals surface area contributed by atoms with E-state index in [1.54, 1.807) is 6.07 Å². The number of anilines is 1. The number of rotatable bonds is 5. The van der Waals surface area contributed by atoms with Gasteiger partial charge in [0.2, 0.25) is 0 Å². The fourth-order valence-electron chi connectivity index (χ4n) is 1.83. The maximum absolute atomic E-state index is 13.0. The molecule has 2 N–H and O–H groups in total. The lowest BCUT2D eigenvalue weighted by atomic mass is 10.1. The summed E-state index contributed by atoms with van der Waals surface area (Å²) >= 11 is 0. The Morgan fingerprint density at radius 3 is 2.53 bits per heavy atom. The second-order valence-electron chi connectivity index (χ2n) is 4.28. The van der Waals surface area contributed by atoms with Gasteiger partial charge in [0.25, 0.3) is 0 Å². The highest BCUT2D eigenvalue weighted by molar-refractivity contribution is 5.45. The minimum atomic E-state index is -0.827. The molecule has 0 saturated heterocycles. The largest absolute Gasteiger partial charge is 0.392 e. The third kappa shape index (κ3) is 3.76. The van der Waals surface area contributed by atoms with Crippen LogP contribution in [0.3, 0.4) is 0 Å². The molecule has 0 heterocycles. The Balaban J connectivity index is 1.90. The molecule has 0 saturated carbocycles. The molecular weight excluding hydrogens is 248 g/mol. The van der Waals surface area contributed by atoms with E-state index in [0.29, 0.717) is 13.0 Å². The molecule has 0 aromatic heterocycles. The molecule has 0 aliphatic heterocycles. The molecule has 4 heteroatoms. The fraction of sp³-hybridized carbons (Fsp3) is 0.200. The summed E-state index contributed by atoms with van der Waals surface area (Å²) in [5, 5.41) is 12.2. The third-order valence-electron chi connectivity index (χ3n) is 2.84. The SMILES string of the molecule is OCc1cccc(NCCc2ccc(F)c(F)c2)c1. The van der Waals surface area contributed by atoms with Gasteiger partial charge in [-0.3, -0.25) is 0 Å². The molecule has 2 aromatic carbocycles. The van der Waals surface area contributed by atoms with Gasteiger partial charge >= 0.3 is 0 Å². The standard InChI is InChI=1S/C15H15F2NO/c16-14-5-4-11(9-15(14)17)6-7-18-13-3-1-2-12(8-13)10-19/h1-5,8-9,18-19H,6-7,10H2. The molecule has 0 fully saturated rings. The summed E-state index contributed by atoms with van der Waals surface area (Å²) in [4.78, 5) is 0. The Labute approximate surface area is 110 Å². The first-order valence-corrected chi connectivity index (χ1v) is 6.06. The number of hydrogen-bond acceptors (Lipinski definition) is 2. The van der Waals surface area contributed by atoms with Crippen LogP contribution < -0.4 is 5.32 Å². The van der Waals surface area contributed by atoms with E-state index in [1.807, 2.05) is 24.3 Å². The molecule has 2 nitrogen and oxygen atoms in total. The van der Waals surface area contributed by atoms with Crippen LogP contribution in [0.15, 0.2) is 42.5 Å². The van der Waals surface area contributed by atoms with Crippen LogP contribution in [0.5, 0.6) is 0 Å². The van der Waals surface area contributed by atoms with Gasteiger partial charge in [-0.15, -0.1) is 0 Å². The van der Waals surface area contributed by atoms with E-state index in [0.717, 1.165) is 22.9 Å². The molecule has 0 spiro atoms. The van der Waals surface area contributed by atoms with Gasteiger partial charge in [-0.05, 0) is 41.8 Å². The van der Waals surface area contributed by atoms with Crippen LogP contribution in [-0.2, 0) is 13.0 Å². The van der Waals surface area contributed by atoms with Crippen molar-refractivity contribution in [1.82, 2.24) is 0 Å². The minimum Gasteiger partial charge on any atom is -0.392 e. The van der Waals surface area contributed by atoms with E-state index >= 15 is 0 Å². The second-order valence-corrected chi connectivity index (χ2v) is 4.28. The number of benzene rings is 2. The molecule has 0 radical (unpaired) electrons. The van der Waals surface area contributed by atoms with Crippen molar-refractivity contribution in [1.29, 1.82) is 0 Å². The topological polar surface area (TPSA) is 32.3 Å². The van der Waals surface area contributed by atoms with E-state index in [-0.39, 0.29) is 6.61 Å². The first-order valence-electron chi connectivity index (χ1n) is 6.06. The van der Waals surface area contributed by atoms with Crippen molar-refractivity contribution >= 4 is 5.69 Å². The average molecular weight is 263 g/mol. The van der Waals surface area contributed by atoms with Gasteiger partial charge in [-0.1, -0.05) is 18.2 Å². The lowest BCUT2D eigenvalue weighted by Gasteiger charge is -2.08. The van der Waals surface area contributed by atoms with Crippen molar-refractivity contribution in [3.05, 3.63) is 65.2 Å². The Bertz CT molecular complexity index is 558. The molecule has 0 atom stereocenters. The summed E-state index contributed by atoms with van der Waals surface area (Å²) in [6, 6.07) is 11.4. The monoisotopic (exact) mass is 263 g/mol. The highest BCUT2D eigenvalue weighted by atomic mass is 19.2. The van der Waals surface area contributed by atoms with Crippen LogP contribution in [0.1, 0.15) is 11.1 Å². The van der Waals surface area contributed by atoms with Crippen LogP contribution in [0.25, 0.3) is 0 Å². The second kappa shape index (κ2) is 6.29. The summed E-state index contributed by atoms with van der Waals surface area (Å²) in [5.74, 6) is -1.65. The lowest BCUT2D eigenvalue weighted by Crippen LogP contribution is -2.05. The van der Waals surface area contributed by atoms with Gasteiger partial charge in [0.15, 0.2) is 11.6 Å². The van der Waals surface area contributed by atoms with Crippen molar-refractivity contribution in [2.24, 2.45) is 0 Å². The highest BCUT2D eigenvalue weighted by Crippen LogP contribution is 2.12. The molecule has 2 rings (SSSR count). The minimum absolute atomic E-state index is 0.00130. The maximum atomic E-state index is 13.0. The number of aliphatic hydroxyl groups is 1. The van der Waals surface area contributed by atoms with E-state index in [9.17, 15) is 8.78 Å². The van der Waals surface area contributed by atoms with Crippen molar-refractivity contribution in [2.75, 3.05) is 11.9 Å². The number of nitrogens with one attached hydrogen (secondary N) is 1. The molecule has 0 bridgehead atoms. The Morgan fingerprint density at radius 1 is 0.947 bits per heavy atom. The van der Waals surface area contributed by atoms with E-state index in [2.05, 4.69) is 5.32 Å². The first-order chi connectivity index (χ1) is 9.19. The Kier molecular flexibility index (Phi) is 4.47. The van der Waals surface area contributed by atoms with Crippen LogP contribution in [0.2, 0.25) is 0 Å². The summed E-state index contributed by atoms with van der Waals surface area (Å²) in [7, 11) is 0. The number of hydrogen-bond donors (Lipinski definition) is 2. The maximum Gasteiger partial charge on any atom is 0.159 e. The van der Waals surface area contributed by atoms with Crippen molar-refractivity contribution in [2.45, 2.75) is 13.0 Å². The van der Waals surface area contributed by atoms with Crippen molar-refractivity contribution in [3.8, 4) is 0 Å². The van der Waals surface area contributed by atoms with Crippen LogP contribution in [0.4, 0.5) is 14.5 Å². The summed E-state index contributed by atoms with van der Waals surface area (Å²) in [5.41, 5.74) is 2.47. The normalized spacial score (nSPS) is 10.5. The Morgan fingerprint density at radius 2 is 1.79 bits per heavy atom. The zero-order valence-corrected chi connectivity index (χ0v) is 10.4. The van der Waals surface area contributed by atoms with Gasteiger partial charge in [0.1, 0.15) is 0 Å². The van der Waals surface area contributed by atoms with Crippen molar-refractivity contribution in [3.63, 3.8) is 0 Å². The average Bonchev–Trinajstić information content (AvgIpc) is 2.43. The van der Waals surface area contributed by atoms with Gasteiger partial charge in [-0.25, -0.2) is 8.78 Å². The predicted octanol–water partition coefficient (Wildman–Crippen LogP) is 3.11. The van der Waals surface area contributed by atoms with Gasteiger partial charge in [-0.2, -0.15) is 0 Å².